The van der Waals surface area contributed by atoms with Gasteiger partial charge in [-0.3, -0.25) is 4.79 Å². The van der Waals surface area contributed by atoms with Crippen LogP contribution in [-0.4, -0.2) is 23.0 Å². The molecule has 0 fully saturated rings. The maximum atomic E-state index is 13.1. The first-order chi connectivity index (χ1) is 14.4. The van der Waals surface area contributed by atoms with Crippen LogP contribution in [0, 0.1) is 5.92 Å². The van der Waals surface area contributed by atoms with Crippen LogP contribution in [0.2, 0.25) is 0 Å². The molecular formula is C25H24N2O3. The average molecular weight is 400 g/mol. The Kier molecular flexibility index (Phi) is 5.36. The zero-order valence-corrected chi connectivity index (χ0v) is 17.1. The van der Waals surface area contributed by atoms with Gasteiger partial charge in [-0.2, -0.15) is 0 Å². The molecule has 1 aromatic heterocycles. The molecule has 5 nitrogen and oxygen atoms in total. The number of pyridine rings is 1. The summed E-state index contributed by atoms with van der Waals surface area (Å²) in [5, 5.41) is 0.728. The van der Waals surface area contributed by atoms with Crippen molar-refractivity contribution in [3.8, 4) is 0 Å². The van der Waals surface area contributed by atoms with Crippen molar-refractivity contribution in [3.05, 3.63) is 77.0 Å². The van der Waals surface area contributed by atoms with Crippen molar-refractivity contribution in [1.82, 2.24) is 4.98 Å². The number of nitrogens with two attached hydrogens (primary N) is 1. The number of hydrogen-bond donors (Lipinski definition) is 1. The quantitative estimate of drug-likeness (QED) is 0.659. The number of fused-ring (bicyclic) bond motifs is 2. The van der Waals surface area contributed by atoms with Gasteiger partial charge in [-0.05, 0) is 54.5 Å². The fourth-order valence-electron chi connectivity index (χ4n) is 4.00. The minimum absolute atomic E-state index is 0.343. The molecule has 0 bridgehead atoms. The van der Waals surface area contributed by atoms with E-state index >= 15 is 0 Å². The van der Waals surface area contributed by atoms with Crippen molar-refractivity contribution in [2.75, 3.05) is 0 Å². The lowest BCUT2D eigenvalue weighted by Crippen LogP contribution is -2.31. The highest BCUT2D eigenvalue weighted by atomic mass is 16.5. The Bertz CT molecular complexity index is 1150. The largest absolute Gasteiger partial charge is 0.449 e. The number of carbonyl (C=O) groups is 2. The number of rotatable bonds is 4. The Balaban J connectivity index is 1.92. The molecule has 0 saturated carbocycles. The molecule has 1 aliphatic rings. The summed E-state index contributed by atoms with van der Waals surface area (Å²) in [4.78, 5) is 29.5. The molecule has 30 heavy (non-hydrogen) atoms. The van der Waals surface area contributed by atoms with E-state index in [-0.39, 0.29) is 0 Å². The Morgan fingerprint density at radius 1 is 1.10 bits per heavy atom. The Hall–Kier alpha value is -3.47. The first kappa shape index (κ1) is 19.8. The number of allylic oxidation sites excluding steroid dienone is 1. The first-order valence-corrected chi connectivity index (χ1v) is 10.1. The van der Waals surface area contributed by atoms with Crippen LogP contribution in [0.15, 0.2) is 54.6 Å². The van der Waals surface area contributed by atoms with E-state index in [9.17, 15) is 9.59 Å². The van der Waals surface area contributed by atoms with E-state index in [1.165, 1.54) is 6.92 Å². The summed E-state index contributed by atoms with van der Waals surface area (Å²) in [5.74, 6) is -0.867. The van der Waals surface area contributed by atoms with Crippen molar-refractivity contribution in [1.29, 1.82) is 0 Å². The molecule has 2 N–H and O–H groups in total. The molecule has 2 aromatic carbocycles. The molecular weight excluding hydrogens is 376 g/mol. The number of amides is 1. The normalized spacial score (nSPS) is 18.1. The summed E-state index contributed by atoms with van der Waals surface area (Å²) in [6.45, 7) is 3.65. The molecule has 0 radical (unpaired) electrons. The number of benzene rings is 2. The zero-order valence-electron chi connectivity index (χ0n) is 17.1. The third kappa shape index (κ3) is 3.83. The van der Waals surface area contributed by atoms with Crippen LogP contribution in [0.25, 0.3) is 22.6 Å². The van der Waals surface area contributed by atoms with E-state index < -0.39 is 18.0 Å². The molecule has 0 aliphatic heterocycles. The molecule has 2 unspecified atom stereocenters. The van der Waals surface area contributed by atoms with Crippen molar-refractivity contribution >= 4 is 34.4 Å². The number of primary amides is 1. The lowest BCUT2D eigenvalue weighted by Gasteiger charge is -2.27. The summed E-state index contributed by atoms with van der Waals surface area (Å²) in [5.41, 5.74) is 10.4. The topological polar surface area (TPSA) is 82.3 Å². The second-order valence-corrected chi connectivity index (χ2v) is 7.87. The average Bonchev–Trinajstić information content (AvgIpc) is 2.72. The van der Waals surface area contributed by atoms with Crippen LogP contribution in [0.3, 0.4) is 0 Å². The van der Waals surface area contributed by atoms with Gasteiger partial charge in [0, 0.05) is 5.39 Å². The summed E-state index contributed by atoms with van der Waals surface area (Å²) in [6.07, 6.45) is 2.73. The van der Waals surface area contributed by atoms with Gasteiger partial charge in [-0.15, -0.1) is 0 Å². The van der Waals surface area contributed by atoms with Gasteiger partial charge in [-0.25, -0.2) is 9.78 Å². The molecule has 1 heterocycles. The minimum atomic E-state index is -1.000. The lowest BCUT2D eigenvalue weighted by atomic mass is 9.80. The number of nitrogens with zero attached hydrogens (tertiary/aromatic N) is 1. The van der Waals surface area contributed by atoms with Crippen LogP contribution in [0.1, 0.15) is 47.4 Å². The molecule has 3 aromatic rings. The van der Waals surface area contributed by atoms with Crippen molar-refractivity contribution in [3.63, 3.8) is 0 Å². The van der Waals surface area contributed by atoms with Crippen LogP contribution >= 0.6 is 0 Å². The number of hydrogen-bond acceptors (Lipinski definition) is 4. The highest BCUT2D eigenvalue weighted by Crippen LogP contribution is 2.38. The number of ether oxygens (including phenoxy) is 1. The fraction of sp³-hybridized carbons (Fsp3) is 0.240. The number of carbonyl (C=O) groups excluding carboxylic acids is 2. The Labute approximate surface area is 175 Å². The van der Waals surface area contributed by atoms with Gasteiger partial charge >= 0.3 is 5.97 Å². The molecule has 1 aliphatic carbocycles. The molecule has 1 amide bonds. The van der Waals surface area contributed by atoms with E-state index in [1.54, 1.807) is 0 Å². The summed E-state index contributed by atoms with van der Waals surface area (Å²) >= 11 is 0. The highest BCUT2D eigenvalue weighted by Gasteiger charge is 2.29. The van der Waals surface area contributed by atoms with Crippen LogP contribution < -0.4 is 5.73 Å². The molecule has 152 valence electrons. The number of aromatic nitrogens is 1. The standard InChI is InChI=1S/C25H24N2O3/c1-15-12-18(14-17-8-4-3-5-9-17)23-20(13-15)22(25(29)30-16(2)24(26)28)19-10-6-7-11-21(19)27-23/h3-11,14-16H,12-13H2,1-2H3,(H2,26,28)/b18-14+. The second kappa shape index (κ2) is 8.11. The molecule has 4 rings (SSSR count). The number of para-hydroxylation sites is 1. The third-order valence-corrected chi connectivity index (χ3v) is 5.45. The summed E-state index contributed by atoms with van der Waals surface area (Å²) in [7, 11) is 0. The van der Waals surface area contributed by atoms with Gasteiger partial charge in [0.1, 0.15) is 0 Å². The van der Waals surface area contributed by atoms with Gasteiger partial charge in [0.2, 0.25) is 0 Å². The molecule has 2 atom stereocenters. The number of esters is 1. The van der Waals surface area contributed by atoms with E-state index in [1.807, 2.05) is 42.5 Å². The molecule has 0 spiro atoms. The smallest absolute Gasteiger partial charge is 0.339 e. The van der Waals surface area contributed by atoms with Gasteiger partial charge in [0.05, 0.1) is 16.8 Å². The predicted octanol–water partition coefficient (Wildman–Crippen LogP) is 4.39. The van der Waals surface area contributed by atoms with Crippen molar-refractivity contribution in [2.45, 2.75) is 32.8 Å². The molecule has 5 heteroatoms. The fourth-order valence-corrected chi connectivity index (χ4v) is 4.00. The van der Waals surface area contributed by atoms with E-state index in [0.29, 0.717) is 17.9 Å². The second-order valence-electron chi connectivity index (χ2n) is 7.87. The lowest BCUT2D eigenvalue weighted by molar-refractivity contribution is -0.125. The van der Waals surface area contributed by atoms with Crippen LogP contribution in [-0.2, 0) is 16.0 Å². The van der Waals surface area contributed by atoms with Crippen LogP contribution in [0.5, 0.6) is 0 Å². The third-order valence-electron chi connectivity index (χ3n) is 5.45. The van der Waals surface area contributed by atoms with Gasteiger partial charge in [-0.1, -0.05) is 55.5 Å². The van der Waals surface area contributed by atoms with Crippen LogP contribution in [0.4, 0.5) is 0 Å². The van der Waals surface area contributed by atoms with E-state index in [0.717, 1.165) is 39.7 Å². The van der Waals surface area contributed by atoms with E-state index in [4.69, 9.17) is 15.5 Å². The predicted molar refractivity (Wildman–Crippen MR) is 118 cm³/mol. The first-order valence-electron chi connectivity index (χ1n) is 10.1. The Morgan fingerprint density at radius 3 is 2.53 bits per heavy atom. The molecule has 0 saturated heterocycles. The maximum Gasteiger partial charge on any atom is 0.339 e. The highest BCUT2D eigenvalue weighted by molar-refractivity contribution is 6.07. The van der Waals surface area contributed by atoms with Crippen molar-refractivity contribution < 1.29 is 14.3 Å². The SMILES string of the molecule is CC1C/C(=C\c2ccccc2)c2nc3ccccc3c(C(=O)OC(C)C(N)=O)c2C1. The van der Waals surface area contributed by atoms with Crippen molar-refractivity contribution in [2.24, 2.45) is 11.7 Å². The summed E-state index contributed by atoms with van der Waals surface area (Å²) in [6, 6.07) is 17.6. The van der Waals surface area contributed by atoms with Gasteiger partial charge < -0.3 is 10.5 Å². The zero-order chi connectivity index (χ0) is 21.3. The van der Waals surface area contributed by atoms with Gasteiger partial charge in [0.15, 0.2) is 6.10 Å². The van der Waals surface area contributed by atoms with E-state index in [2.05, 4.69) is 25.1 Å². The Morgan fingerprint density at radius 2 is 1.80 bits per heavy atom. The monoisotopic (exact) mass is 400 g/mol. The summed E-state index contributed by atoms with van der Waals surface area (Å²) < 4.78 is 5.40. The maximum absolute atomic E-state index is 13.1. The van der Waals surface area contributed by atoms with Gasteiger partial charge in [0.25, 0.3) is 5.91 Å². The minimum Gasteiger partial charge on any atom is -0.449 e.